The van der Waals surface area contributed by atoms with Gasteiger partial charge in [0, 0.05) is 32.4 Å². The summed E-state index contributed by atoms with van der Waals surface area (Å²) in [5.74, 6) is 0.622. The number of benzene rings is 3. The van der Waals surface area contributed by atoms with Crippen LogP contribution in [0.2, 0.25) is 10.0 Å². The SMILES string of the molecule is COc1c(Cl)cc(Cl)cc1C=CC(=O)Nc1ccc2oc(-c3cccc(Br)c3)nc2c1. The Morgan fingerprint density at radius 2 is 2.00 bits per heavy atom. The molecule has 1 heterocycles. The first-order valence-electron chi connectivity index (χ1n) is 9.11. The van der Waals surface area contributed by atoms with Crippen molar-refractivity contribution in [1.29, 1.82) is 0 Å². The first-order chi connectivity index (χ1) is 14.9. The molecule has 0 radical (unpaired) electrons. The van der Waals surface area contributed by atoms with E-state index < -0.39 is 0 Å². The lowest BCUT2D eigenvalue weighted by Gasteiger charge is -2.08. The van der Waals surface area contributed by atoms with Gasteiger partial charge in [0.05, 0.1) is 12.1 Å². The molecular formula is C23H15BrCl2N2O3. The maximum Gasteiger partial charge on any atom is 0.248 e. The van der Waals surface area contributed by atoms with Crippen LogP contribution in [-0.2, 0) is 4.79 Å². The topological polar surface area (TPSA) is 64.4 Å². The average molecular weight is 518 g/mol. The molecular weight excluding hydrogens is 503 g/mol. The van der Waals surface area contributed by atoms with Gasteiger partial charge in [-0.1, -0.05) is 45.2 Å². The largest absolute Gasteiger partial charge is 0.495 e. The molecule has 4 rings (SSSR count). The van der Waals surface area contributed by atoms with Gasteiger partial charge < -0.3 is 14.5 Å². The fourth-order valence-electron chi connectivity index (χ4n) is 3.02. The minimum absolute atomic E-state index is 0.326. The van der Waals surface area contributed by atoms with E-state index in [0.29, 0.717) is 44.0 Å². The van der Waals surface area contributed by atoms with E-state index >= 15 is 0 Å². The zero-order chi connectivity index (χ0) is 22.0. The van der Waals surface area contributed by atoms with Crippen molar-refractivity contribution in [3.05, 3.63) is 80.8 Å². The third-order valence-corrected chi connectivity index (χ3v) is 5.37. The normalized spacial score (nSPS) is 11.2. The van der Waals surface area contributed by atoms with Crippen LogP contribution in [-0.4, -0.2) is 18.0 Å². The number of rotatable bonds is 5. The minimum Gasteiger partial charge on any atom is -0.495 e. The third-order valence-electron chi connectivity index (χ3n) is 4.38. The Hall–Kier alpha value is -2.80. The summed E-state index contributed by atoms with van der Waals surface area (Å²) in [5.41, 5.74) is 3.31. The summed E-state index contributed by atoms with van der Waals surface area (Å²) in [6, 6.07) is 16.2. The highest BCUT2D eigenvalue weighted by molar-refractivity contribution is 9.10. The summed E-state index contributed by atoms with van der Waals surface area (Å²) in [7, 11) is 1.50. The van der Waals surface area contributed by atoms with Crippen LogP contribution in [0.15, 0.2) is 69.6 Å². The number of aromatic nitrogens is 1. The number of carbonyl (C=O) groups excluding carboxylic acids is 1. The molecule has 0 aliphatic heterocycles. The molecule has 31 heavy (non-hydrogen) atoms. The summed E-state index contributed by atoms with van der Waals surface area (Å²) in [6.45, 7) is 0. The number of nitrogens with one attached hydrogen (secondary N) is 1. The monoisotopic (exact) mass is 516 g/mol. The van der Waals surface area contributed by atoms with Gasteiger partial charge >= 0.3 is 0 Å². The quantitative estimate of drug-likeness (QED) is 0.284. The van der Waals surface area contributed by atoms with E-state index in [1.165, 1.54) is 13.2 Å². The Morgan fingerprint density at radius 1 is 1.16 bits per heavy atom. The van der Waals surface area contributed by atoms with Crippen LogP contribution in [0.1, 0.15) is 5.56 Å². The van der Waals surface area contributed by atoms with E-state index in [4.69, 9.17) is 32.4 Å². The maximum absolute atomic E-state index is 12.4. The summed E-state index contributed by atoms with van der Waals surface area (Å²) < 4.78 is 12.0. The predicted molar refractivity (Wildman–Crippen MR) is 128 cm³/mol. The van der Waals surface area contributed by atoms with Gasteiger partial charge in [0.15, 0.2) is 5.58 Å². The standard InChI is InChI=1S/C23H15BrCl2N2O3/c1-30-22-13(10-16(25)11-18(22)26)5-8-21(29)27-17-6-7-20-19(12-17)28-23(31-20)14-3-2-4-15(24)9-14/h2-12H,1H3,(H,27,29). The van der Waals surface area contributed by atoms with Gasteiger partial charge in [-0.15, -0.1) is 0 Å². The van der Waals surface area contributed by atoms with Gasteiger partial charge in [-0.25, -0.2) is 4.98 Å². The molecule has 1 aromatic heterocycles. The smallest absolute Gasteiger partial charge is 0.248 e. The molecule has 0 saturated heterocycles. The molecule has 0 unspecified atom stereocenters. The minimum atomic E-state index is -0.326. The first kappa shape index (κ1) is 21.4. The molecule has 0 atom stereocenters. The lowest BCUT2D eigenvalue weighted by atomic mass is 10.2. The summed E-state index contributed by atoms with van der Waals surface area (Å²) in [4.78, 5) is 16.9. The molecule has 5 nitrogen and oxygen atoms in total. The van der Waals surface area contributed by atoms with Gasteiger partial charge in [0.25, 0.3) is 0 Å². The van der Waals surface area contributed by atoms with Crippen LogP contribution in [0, 0.1) is 0 Å². The number of methoxy groups -OCH3 is 1. The van der Waals surface area contributed by atoms with Crippen LogP contribution in [0.25, 0.3) is 28.6 Å². The van der Waals surface area contributed by atoms with Crippen molar-refractivity contribution >= 4 is 67.9 Å². The number of oxazole rings is 1. The third kappa shape index (κ3) is 4.93. The van der Waals surface area contributed by atoms with Gasteiger partial charge in [-0.3, -0.25) is 4.79 Å². The molecule has 3 aromatic carbocycles. The number of carbonyl (C=O) groups is 1. The number of nitrogens with zero attached hydrogens (tertiary/aromatic N) is 1. The number of ether oxygens (including phenoxy) is 1. The fourth-order valence-corrected chi connectivity index (χ4v) is 4.00. The van der Waals surface area contributed by atoms with E-state index in [9.17, 15) is 4.79 Å². The summed E-state index contributed by atoms with van der Waals surface area (Å²) in [6.07, 6.45) is 2.97. The lowest BCUT2D eigenvalue weighted by Crippen LogP contribution is -2.07. The zero-order valence-electron chi connectivity index (χ0n) is 16.2. The molecule has 4 aromatic rings. The van der Waals surface area contributed by atoms with Crippen molar-refractivity contribution in [2.45, 2.75) is 0 Å². The predicted octanol–water partition coefficient (Wildman–Crippen LogP) is 7.22. The van der Waals surface area contributed by atoms with E-state index in [2.05, 4.69) is 26.2 Å². The molecule has 0 aliphatic carbocycles. The van der Waals surface area contributed by atoms with Gasteiger partial charge in [0.1, 0.15) is 11.3 Å². The van der Waals surface area contributed by atoms with Crippen LogP contribution >= 0.6 is 39.1 Å². The fraction of sp³-hybridized carbons (Fsp3) is 0.0435. The van der Waals surface area contributed by atoms with Crippen molar-refractivity contribution in [2.75, 3.05) is 12.4 Å². The van der Waals surface area contributed by atoms with Crippen LogP contribution < -0.4 is 10.1 Å². The van der Waals surface area contributed by atoms with Crippen molar-refractivity contribution in [1.82, 2.24) is 4.98 Å². The summed E-state index contributed by atoms with van der Waals surface area (Å²) >= 11 is 15.6. The second-order valence-corrected chi connectivity index (χ2v) is 8.30. The van der Waals surface area contributed by atoms with Crippen LogP contribution in [0.5, 0.6) is 5.75 Å². The number of anilines is 1. The second-order valence-electron chi connectivity index (χ2n) is 6.54. The van der Waals surface area contributed by atoms with Gasteiger partial charge in [0.2, 0.25) is 11.8 Å². The Balaban J connectivity index is 1.53. The molecule has 8 heteroatoms. The van der Waals surface area contributed by atoms with Crippen LogP contribution in [0.4, 0.5) is 5.69 Å². The van der Waals surface area contributed by atoms with Crippen molar-refractivity contribution < 1.29 is 13.9 Å². The highest BCUT2D eigenvalue weighted by atomic mass is 79.9. The molecule has 1 N–H and O–H groups in total. The molecule has 0 bridgehead atoms. The molecule has 156 valence electrons. The number of hydrogen-bond donors (Lipinski definition) is 1. The number of halogens is 3. The van der Waals surface area contributed by atoms with E-state index in [-0.39, 0.29) is 5.91 Å². The molecule has 0 saturated carbocycles. The Labute approximate surface area is 196 Å². The highest BCUT2D eigenvalue weighted by Gasteiger charge is 2.11. The van der Waals surface area contributed by atoms with E-state index in [0.717, 1.165) is 10.0 Å². The number of hydrogen-bond acceptors (Lipinski definition) is 4. The Morgan fingerprint density at radius 3 is 2.77 bits per heavy atom. The van der Waals surface area contributed by atoms with E-state index in [1.54, 1.807) is 36.4 Å². The zero-order valence-corrected chi connectivity index (χ0v) is 19.3. The summed E-state index contributed by atoms with van der Waals surface area (Å²) in [5, 5.41) is 3.62. The van der Waals surface area contributed by atoms with Crippen LogP contribution in [0.3, 0.4) is 0 Å². The molecule has 0 aliphatic rings. The van der Waals surface area contributed by atoms with Gasteiger partial charge in [-0.2, -0.15) is 0 Å². The second kappa shape index (κ2) is 9.14. The molecule has 1 amide bonds. The maximum atomic E-state index is 12.4. The first-order valence-corrected chi connectivity index (χ1v) is 10.7. The number of fused-ring (bicyclic) bond motifs is 1. The Kier molecular flexibility index (Phi) is 6.32. The van der Waals surface area contributed by atoms with Gasteiger partial charge in [-0.05, 0) is 54.6 Å². The van der Waals surface area contributed by atoms with Crippen molar-refractivity contribution in [3.8, 4) is 17.2 Å². The van der Waals surface area contributed by atoms with Crippen molar-refractivity contribution in [3.63, 3.8) is 0 Å². The molecule has 0 fully saturated rings. The Bertz CT molecular complexity index is 1320. The van der Waals surface area contributed by atoms with E-state index in [1.807, 2.05) is 24.3 Å². The molecule has 0 spiro atoms. The highest BCUT2D eigenvalue weighted by Crippen LogP contribution is 2.33. The van der Waals surface area contributed by atoms with Crippen molar-refractivity contribution in [2.24, 2.45) is 0 Å². The average Bonchev–Trinajstić information content (AvgIpc) is 3.15. The lowest BCUT2D eigenvalue weighted by molar-refractivity contribution is -0.111. The number of amides is 1.